The van der Waals surface area contributed by atoms with Gasteiger partial charge in [-0.15, -0.1) is 11.3 Å². The molecule has 18 heavy (non-hydrogen) atoms. The van der Waals surface area contributed by atoms with E-state index in [1.54, 1.807) is 11.3 Å². The zero-order chi connectivity index (χ0) is 12.7. The Balaban J connectivity index is 2.05. The van der Waals surface area contributed by atoms with Crippen LogP contribution in [-0.2, 0) is 6.42 Å². The number of nitrogens with zero attached hydrogens (tertiary/aromatic N) is 1. The van der Waals surface area contributed by atoms with Gasteiger partial charge >= 0.3 is 0 Å². The molecule has 1 aromatic heterocycles. The van der Waals surface area contributed by atoms with E-state index >= 15 is 0 Å². The van der Waals surface area contributed by atoms with E-state index in [0.29, 0.717) is 6.61 Å². The smallest absolute Gasteiger partial charge is 0.128 e. The number of aliphatic hydroxyl groups is 1. The summed E-state index contributed by atoms with van der Waals surface area (Å²) >= 11 is 1.55. The molecular weight excluding hydrogens is 246 g/mol. The van der Waals surface area contributed by atoms with Crippen LogP contribution in [0.3, 0.4) is 0 Å². The zero-order valence-electron chi connectivity index (χ0n) is 10.4. The lowest BCUT2D eigenvalue weighted by Gasteiger charge is -2.13. The van der Waals surface area contributed by atoms with Crippen molar-refractivity contribution >= 4 is 11.3 Å². The van der Waals surface area contributed by atoms with Gasteiger partial charge in [-0.2, -0.15) is 0 Å². The maximum absolute atomic E-state index is 10.5. The van der Waals surface area contributed by atoms with Crippen LogP contribution in [-0.4, -0.2) is 16.7 Å². The Labute approximate surface area is 110 Å². The average Bonchev–Trinajstić information content (AvgIpc) is 2.94. The molecule has 1 atom stereocenters. The first-order chi connectivity index (χ1) is 8.66. The SMILES string of the molecule is Cc1nc(C)c(C(O)c2cccc3c2OCC3)s1. The summed E-state index contributed by atoms with van der Waals surface area (Å²) < 4.78 is 5.64. The summed E-state index contributed by atoms with van der Waals surface area (Å²) in [6.45, 7) is 4.60. The molecule has 0 bridgehead atoms. The van der Waals surface area contributed by atoms with Crippen molar-refractivity contribution in [1.82, 2.24) is 4.98 Å². The number of rotatable bonds is 2. The Bertz CT molecular complexity index is 591. The highest BCUT2D eigenvalue weighted by atomic mass is 32.1. The minimum Gasteiger partial charge on any atom is -0.493 e. The van der Waals surface area contributed by atoms with E-state index in [0.717, 1.165) is 33.3 Å². The van der Waals surface area contributed by atoms with Gasteiger partial charge in [-0.25, -0.2) is 4.98 Å². The molecule has 3 nitrogen and oxygen atoms in total. The van der Waals surface area contributed by atoms with Crippen molar-refractivity contribution in [2.45, 2.75) is 26.4 Å². The van der Waals surface area contributed by atoms with Crippen molar-refractivity contribution in [2.24, 2.45) is 0 Å². The van der Waals surface area contributed by atoms with Gasteiger partial charge in [0.05, 0.1) is 22.2 Å². The lowest BCUT2D eigenvalue weighted by atomic mass is 10.0. The molecule has 0 fully saturated rings. The maximum atomic E-state index is 10.5. The number of aliphatic hydroxyl groups excluding tert-OH is 1. The minimum atomic E-state index is -0.635. The third kappa shape index (κ3) is 1.82. The van der Waals surface area contributed by atoms with Crippen LogP contribution in [0.5, 0.6) is 5.75 Å². The molecule has 0 radical (unpaired) electrons. The van der Waals surface area contributed by atoms with Crippen molar-refractivity contribution in [3.05, 3.63) is 44.9 Å². The molecule has 3 rings (SSSR count). The fourth-order valence-corrected chi connectivity index (χ4v) is 3.33. The van der Waals surface area contributed by atoms with Gasteiger partial charge in [0, 0.05) is 12.0 Å². The summed E-state index contributed by atoms with van der Waals surface area (Å²) in [5, 5.41) is 11.5. The number of para-hydroxylation sites is 1. The number of hydrogen-bond donors (Lipinski definition) is 1. The number of hydrogen-bond acceptors (Lipinski definition) is 4. The third-order valence-corrected chi connectivity index (χ3v) is 4.35. The molecule has 0 saturated carbocycles. The van der Waals surface area contributed by atoms with Crippen LogP contribution in [0.15, 0.2) is 18.2 Å². The van der Waals surface area contributed by atoms with Crippen LogP contribution in [0.2, 0.25) is 0 Å². The second-order valence-electron chi connectivity index (χ2n) is 4.52. The lowest BCUT2D eigenvalue weighted by Crippen LogP contribution is -2.01. The number of fused-ring (bicyclic) bond motifs is 1. The van der Waals surface area contributed by atoms with Gasteiger partial charge in [-0.1, -0.05) is 18.2 Å². The van der Waals surface area contributed by atoms with Gasteiger partial charge in [0.15, 0.2) is 0 Å². The van der Waals surface area contributed by atoms with Crippen molar-refractivity contribution in [3.8, 4) is 5.75 Å². The molecule has 4 heteroatoms. The summed E-state index contributed by atoms with van der Waals surface area (Å²) in [7, 11) is 0. The van der Waals surface area contributed by atoms with Crippen LogP contribution in [0.4, 0.5) is 0 Å². The Morgan fingerprint density at radius 2 is 2.22 bits per heavy atom. The van der Waals surface area contributed by atoms with E-state index in [4.69, 9.17) is 4.74 Å². The van der Waals surface area contributed by atoms with Crippen molar-refractivity contribution in [3.63, 3.8) is 0 Å². The van der Waals surface area contributed by atoms with Gasteiger partial charge in [-0.05, 0) is 19.4 Å². The number of aromatic nitrogens is 1. The minimum absolute atomic E-state index is 0.635. The second kappa shape index (κ2) is 4.37. The monoisotopic (exact) mass is 261 g/mol. The van der Waals surface area contributed by atoms with E-state index in [1.165, 1.54) is 5.56 Å². The summed E-state index contributed by atoms with van der Waals surface area (Å²) in [5.41, 5.74) is 2.95. The molecule has 1 N–H and O–H groups in total. The molecule has 2 aromatic rings. The molecule has 1 unspecified atom stereocenters. The Hall–Kier alpha value is -1.39. The molecular formula is C14H15NO2S. The quantitative estimate of drug-likeness (QED) is 0.904. The van der Waals surface area contributed by atoms with Crippen LogP contribution in [0.25, 0.3) is 0 Å². The molecule has 0 aliphatic carbocycles. The van der Waals surface area contributed by atoms with Gasteiger partial charge < -0.3 is 9.84 Å². The molecule has 0 spiro atoms. The van der Waals surface area contributed by atoms with Crippen LogP contribution in [0.1, 0.15) is 32.8 Å². The lowest BCUT2D eigenvalue weighted by molar-refractivity contribution is 0.216. The van der Waals surface area contributed by atoms with Crippen molar-refractivity contribution in [1.29, 1.82) is 0 Å². The van der Waals surface area contributed by atoms with Crippen LogP contribution >= 0.6 is 11.3 Å². The van der Waals surface area contributed by atoms with Gasteiger partial charge in [0.2, 0.25) is 0 Å². The number of benzene rings is 1. The Morgan fingerprint density at radius 1 is 1.39 bits per heavy atom. The van der Waals surface area contributed by atoms with Crippen LogP contribution in [0, 0.1) is 13.8 Å². The largest absolute Gasteiger partial charge is 0.493 e. The fourth-order valence-electron chi connectivity index (χ4n) is 2.40. The van der Waals surface area contributed by atoms with E-state index < -0.39 is 6.10 Å². The maximum Gasteiger partial charge on any atom is 0.128 e. The molecule has 0 amide bonds. The van der Waals surface area contributed by atoms with Crippen molar-refractivity contribution < 1.29 is 9.84 Å². The topological polar surface area (TPSA) is 42.4 Å². The highest BCUT2D eigenvalue weighted by Crippen LogP contribution is 2.38. The number of aryl methyl sites for hydroxylation is 2. The summed E-state index contributed by atoms with van der Waals surface area (Å²) in [5.74, 6) is 0.857. The fraction of sp³-hybridized carbons (Fsp3) is 0.357. The second-order valence-corrected chi connectivity index (χ2v) is 5.75. The zero-order valence-corrected chi connectivity index (χ0v) is 11.3. The average molecular weight is 261 g/mol. The van der Waals surface area contributed by atoms with Gasteiger partial charge in [0.1, 0.15) is 11.9 Å². The summed E-state index contributed by atoms with van der Waals surface area (Å²) in [6.07, 6.45) is 0.292. The van der Waals surface area contributed by atoms with Crippen LogP contribution < -0.4 is 4.74 Å². The standard InChI is InChI=1S/C14H15NO2S/c1-8-14(18-9(2)15-8)12(16)11-5-3-4-10-6-7-17-13(10)11/h3-5,12,16H,6-7H2,1-2H3. The van der Waals surface area contributed by atoms with E-state index in [2.05, 4.69) is 11.1 Å². The molecule has 1 aromatic carbocycles. The molecule has 2 heterocycles. The highest BCUT2D eigenvalue weighted by molar-refractivity contribution is 7.11. The number of thiazole rings is 1. The Morgan fingerprint density at radius 3 is 2.94 bits per heavy atom. The van der Waals surface area contributed by atoms with E-state index in [1.807, 2.05) is 26.0 Å². The first-order valence-corrected chi connectivity index (χ1v) is 6.85. The summed E-state index contributed by atoms with van der Waals surface area (Å²) in [4.78, 5) is 5.28. The van der Waals surface area contributed by atoms with Gasteiger partial charge in [-0.3, -0.25) is 0 Å². The van der Waals surface area contributed by atoms with E-state index in [9.17, 15) is 5.11 Å². The molecule has 1 aliphatic rings. The normalized spacial score (nSPS) is 15.3. The molecule has 0 saturated heterocycles. The molecule has 94 valence electrons. The third-order valence-electron chi connectivity index (χ3n) is 3.23. The number of ether oxygens (including phenoxy) is 1. The Kier molecular flexibility index (Phi) is 2.84. The summed E-state index contributed by atoms with van der Waals surface area (Å²) in [6, 6.07) is 5.97. The van der Waals surface area contributed by atoms with E-state index in [-0.39, 0.29) is 0 Å². The van der Waals surface area contributed by atoms with Crippen molar-refractivity contribution in [2.75, 3.05) is 6.61 Å². The first kappa shape index (κ1) is 11.7. The molecule has 1 aliphatic heterocycles. The predicted octanol–water partition coefficient (Wildman–Crippen LogP) is 2.78. The van der Waals surface area contributed by atoms with Gasteiger partial charge in [0.25, 0.3) is 0 Å². The predicted molar refractivity (Wildman–Crippen MR) is 71.3 cm³/mol. The highest BCUT2D eigenvalue weighted by Gasteiger charge is 2.24. The first-order valence-electron chi connectivity index (χ1n) is 6.03.